The van der Waals surface area contributed by atoms with Crippen molar-refractivity contribution < 1.29 is 9.63 Å². The van der Waals surface area contributed by atoms with Gasteiger partial charge in [0.1, 0.15) is 3.92 Å². The average Bonchev–Trinajstić information content (AvgIpc) is 3.69. The van der Waals surface area contributed by atoms with Gasteiger partial charge in [-0.15, -0.1) is 0 Å². The number of benzene rings is 2. The van der Waals surface area contributed by atoms with Crippen molar-refractivity contribution in [3.8, 4) is 0 Å². The van der Waals surface area contributed by atoms with Crippen LogP contribution in [0.3, 0.4) is 0 Å². The van der Waals surface area contributed by atoms with Gasteiger partial charge in [-0.2, -0.15) is 5.90 Å². The van der Waals surface area contributed by atoms with Crippen molar-refractivity contribution in [3.05, 3.63) is 91.8 Å². The maximum absolute atomic E-state index is 13.4. The molecule has 0 radical (unpaired) electrons. The summed E-state index contributed by atoms with van der Waals surface area (Å²) < 4.78 is 1.54. The second kappa shape index (κ2) is 11.2. The van der Waals surface area contributed by atoms with Crippen molar-refractivity contribution in [3.63, 3.8) is 0 Å². The van der Waals surface area contributed by atoms with Crippen LogP contribution < -0.4 is 22.9 Å². The molecule has 184 valence electrons. The van der Waals surface area contributed by atoms with E-state index in [1.165, 1.54) is 29.4 Å². The third-order valence-corrected chi connectivity index (χ3v) is 6.97. The molecule has 0 saturated heterocycles. The van der Waals surface area contributed by atoms with Crippen LogP contribution in [0.4, 0.5) is 5.69 Å². The molecule has 1 atom stereocenters. The van der Waals surface area contributed by atoms with Gasteiger partial charge in [-0.25, -0.2) is 23.9 Å². The molecule has 1 aliphatic carbocycles. The zero-order valence-corrected chi connectivity index (χ0v) is 21.6. The fourth-order valence-electron chi connectivity index (χ4n) is 3.77. The first-order valence-corrected chi connectivity index (χ1v) is 12.8. The Bertz CT molecular complexity index is 1370. The lowest BCUT2D eigenvalue weighted by molar-refractivity contribution is -0.143. The lowest BCUT2D eigenvalue weighted by Crippen LogP contribution is -2.51. The number of nitrogens with zero attached hydrogens (tertiary/aromatic N) is 3. The first-order chi connectivity index (χ1) is 16.8. The van der Waals surface area contributed by atoms with Crippen LogP contribution in [0.15, 0.2) is 63.1 Å². The summed E-state index contributed by atoms with van der Waals surface area (Å²) in [6, 6.07) is 15.6. The topological polar surface area (TPSA) is 124 Å². The van der Waals surface area contributed by atoms with Crippen molar-refractivity contribution in [2.45, 2.75) is 49.6 Å². The number of hydrogen-bond acceptors (Lipinski definition) is 6. The molecule has 4 rings (SSSR count). The monoisotopic (exact) mass is 589 g/mol. The highest BCUT2D eigenvalue weighted by molar-refractivity contribution is 14.1. The Morgan fingerprint density at radius 3 is 2.40 bits per heavy atom. The van der Waals surface area contributed by atoms with Gasteiger partial charge >= 0.3 is 17.3 Å². The molecule has 0 spiro atoms. The van der Waals surface area contributed by atoms with Gasteiger partial charge in [-0.05, 0) is 48.9 Å². The Hall–Kier alpha value is -2.99. The minimum Gasteiger partial charge on any atom is -0.372 e. The minimum atomic E-state index is -0.810. The smallest absolute Gasteiger partial charge is 0.339 e. The molecule has 9 nitrogen and oxygen atoms in total. The number of halogens is 1. The second-order valence-corrected chi connectivity index (χ2v) is 10.4. The van der Waals surface area contributed by atoms with Crippen molar-refractivity contribution >= 4 is 34.2 Å². The molecule has 1 heterocycles. The van der Waals surface area contributed by atoms with E-state index in [-0.39, 0.29) is 18.7 Å². The predicted molar refractivity (Wildman–Crippen MR) is 140 cm³/mol. The molecule has 0 unspecified atom stereocenters. The van der Waals surface area contributed by atoms with E-state index in [0.717, 1.165) is 28.0 Å². The molecule has 2 aromatic carbocycles. The van der Waals surface area contributed by atoms with E-state index in [9.17, 15) is 14.4 Å². The molecule has 1 aromatic heterocycles. The number of aromatic amines is 1. The normalized spacial score (nSPS) is 14.7. The van der Waals surface area contributed by atoms with Gasteiger partial charge in [-0.1, -0.05) is 77.4 Å². The van der Waals surface area contributed by atoms with Crippen LogP contribution in [-0.4, -0.2) is 24.0 Å². The van der Waals surface area contributed by atoms with Crippen LogP contribution >= 0.6 is 22.6 Å². The first-order valence-electron chi connectivity index (χ1n) is 11.5. The van der Waals surface area contributed by atoms with Crippen LogP contribution in [0, 0.1) is 12.8 Å². The van der Waals surface area contributed by atoms with E-state index in [2.05, 4.69) is 14.8 Å². The highest BCUT2D eigenvalue weighted by atomic mass is 127. The van der Waals surface area contributed by atoms with E-state index in [4.69, 9.17) is 5.90 Å². The molecule has 0 amide bonds. The molecule has 3 N–H and O–H groups in total. The Balaban J connectivity index is 1.72. The SMILES string of the molecule is Cc1ccc(Cn2c(=O)n(C[C@H](I)C(=O)ON)c(=O)[nH]/c2=N\c2ccc(CCC3CC3)cc2)cc1. The van der Waals surface area contributed by atoms with Gasteiger partial charge in [0.15, 0.2) is 0 Å². The fraction of sp³-hybridized carbons (Fsp3) is 0.360. The molecule has 1 aliphatic rings. The highest BCUT2D eigenvalue weighted by Gasteiger charge is 2.21. The van der Waals surface area contributed by atoms with Crippen molar-refractivity contribution in [2.24, 2.45) is 16.8 Å². The predicted octanol–water partition coefficient (Wildman–Crippen LogP) is 2.49. The van der Waals surface area contributed by atoms with Gasteiger partial charge < -0.3 is 4.84 Å². The van der Waals surface area contributed by atoms with Gasteiger partial charge in [0.2, 0.25) is 5.62 Å². The summed E-state index contributed by atoms with van der Waals surface area (Å²) in [5.74, 6) is 5.10. The maximum atomic E-state index is 13.4. The van der Waals surface area contributed by atoms with E-state index >= 15 is 0 Å². The van der Waals surface area contributed by atoms with E-state index in [0.29, 0.717) is 5.69 Å². The van der Waals surface area contributed by atoms with Crippen molar-refractivity contribution in [2.75, 3.05) is 0 Å². The third-order valence-electron chi connectivity index (χ3n) is 6.07. The first kappa shape index (κ1) is 25.1. The quantitative estimate of drug-likeness (QED) is 0.226. The zero-order valence-electron chi connectivity index (χ0n) is 19.4. The van der Waals surface area contributed by atoms with Gasteiger partial charge in [0, 0.05) is 0 Å². The number of nitrogens with two attached hydrogens (primary N) is 1. The van der Waals surface area contributed by atoms with Crippen LogP contribution in [0.25, 0.3) is 0 Å². The summed E-state index contributed by atoms with van der Waals surface area (Å²) >= 11 is 1.79. The fourth-order valence-corrected chi connectivity index (χ4v) is 4.31. The van der Waals surface area contributed by atoms with Crippen LogP contribution in [0.2, 0.25) is 0 Å². The van der Waals surface area contributed by atoms with E-state index in [1.54, 1.807) is 22.6 Å². The molecular formula is C25H28IN5O4. The second-order valence-electron chi connectivity index (χ2n) is 8.88. The number of rotatable bonds is 9. The largest absolute Gasteiger partial charge is 0.372 e. The summed E-state index contributed by atoms with van der Waals surface area (Å²) in [7, 11) is 0. The number of hydrogen-bond donors (Lipinski definition) is 2. The van der Waals surface area contributed by atoms with Crippen LogP contribution in [0.1, 0.15) is 36.0 Å². The molecule has 0 aliphatic heterocycles. The van der Waals surface area contributed by atoms with Crippen LogP contribution in [0.5, 0.6) is 0 Å². The molecule has 1 saturated carbocycles. The van der Waals surface area contributed by atoms with Crippen LogP contribution in [-0.2, 0) is 29.1 Å². The Morgan fingerprint density at radius 1 is 1.11 bits per heavy atom. The summed E-state index contributed by atoms with van der Waals surface area (Å²) in [4.78, 5) is 49.5. The summed E-state index contributed by atoms with van der Waals surface area (Å²) in [5, 5.41) is 0. The number of nitrogens with one attached hydrogen (secondary N) is 1. The molecule has 35 heavy (non-hydrogen) atoms. The number of alkyl halides is 1. The molecule has 3 aromatic rings. The number of H-pyrrole nitrogens is 1. The van der Waals surface area contributed by atoms with Crippen molar-refractivity contribution in [1.29, 1.82) is 0 Å². The summed E-state index contributed by atoms with van der Waals surface area (Å²) in [6.45, 7) is 1.99. The molecular weight excluding hydrogens is 561 g/mol. The summed E-state index contributed by atoms with van der Waals surface area (Å²) in [6.07, 6.45) is 4.90. The Labute approximate surface area is 215 Å². The molecule has 1 fully saturated rings. The van der Waals surface area contributed by atoms with E-state index < -0.39 is 21.3 Å². The van der Waals surface area contributed by atoms with E-state index in [1.807, 2.05) is 55.5 Å². The third kappa shape index (κ3) is 6.57. The van der Waals surface area contributed by atoms with Gasteiger partial charge in [-0.3, -0.25) is 9.55 Å². The van der Waals surface area contributed by atoms with Gasteiger partial charge in [0.05, 0.1) is 18.8 Å². The number of aryl methyl sites for hydroxylation is 2. The molecule has 10 heteroatoms. The summed E-state index contributed by atoms with van der Waals surface area (Å²) in [5.41, 5.74) is 2.72. The highest BCUT2D eigenvalue weighted by Crippen LogP contribution is 2.33. The van der Waals surface area contributed by atoms with Crippen molar-refractivity contribution in [1.82, 2.24) is 14.1 Å². The molecule has 0 bridgehead atoms. The standard InChI is InChI=1S/C25H28IN5O4/c1-16-2-4-19(5-3-16)14-30-23(28-20-12-10-18(11-13-20)9-8-17-6-7-17)29-24(33)31(25(30)34)15-21(26)22(32)35-27/h2-5,10-13,17,21H,6-9,14-15,27H2,1H3,(H,28,29,33)/t21-/m0/s1. The number of carbonyl (C=O) groups is 1. The average molecular weight is 589 g/mol. The van der Waals surface area contributed by atoms with Gasteiger partial charge in [0.25, 0.3) is 0 Å². The number of aromatic nitrogens is 3. The zero-order chi connectivity index (χ0) is 24.9. The minimum absolute atomic E-state index is 0.133. The number of carbonyl (C=O) groups excluding carboxylic acids is 1. The Morgan fingerprint density at radius 2 is 1.77 bits per heavy atom. The maximum Gasteiger partial charge on any atom is 0.339 e. The lowest BCUT2D eigenvalue weighted by Gasteiger charge is -2.13. The Kier molecular flexibility index (Phi) is 8.01. The lowest BCUT2D eigenvalue weighted by atomic mass is 10.1.